The Morgan fingerprint density at radius 1 is 1.36 bits per heavy atom. The lowest BCUT2D eigenvalue weighted by atomic mass is 10.1. The average Bonchev–Trinajstić information content (AvgIpc) is 2.55. The van der Waals surface area contributed by atoms with E-state index < -0.39 is 0 Å². The third-order valence-electron chi connectivity index (χ3n) is 2.79. The summed E-state index contributed by atoms with van der Waals surface area (Å²) >= 11 is 0. The molecule has 0 unspecified atom stereocenters. The summed E-state index contributed by atoms with van der Waals surface area (Å²) in [6, 6.07) is 6.40. The Kier molecular flexibility index (Phi) is 2.30. The van der Waals surface area contributed by atoms with Crippen LogP contribution in [0.2, 0.25) is 0 Å². The van der Waals surface area contributed by atoms with E-state index in [0.29, 0.717) is 0 Å². The molecule has 0 atom stereocenters. The third kappa shape index (κ3) is 1.32. The highest BCUT2D eigenvalue weighted by Gasteiger charge is 2.06. The molecule has 14 heavy (non-hydrogen) atoms. The van der Waals surface area contributed by atoms with E-state index in [0.717, 1.165) is 23.2 Å². The summed E-state index contributed by atoms with van der Waals surface area (Å²) in [6.07, 6.45) is 1.05. The summed E-state index contributed by atoms with van der Waals surface area (Å²) in [6.45, 7) is 4.28. The molecule has 0 aliphatic heterocycles. The number of aromatic amines is 1. The Balaban J connectivity index is 2.68. The first-order chi connectivity index (χ1) is 6.76. The fourth-order valence-corrected chi connectivity index (χ4v) is 1.81. The van der Waals surface area contributed by atoms with Gasteiger partial charge in [-0.2, -0.15) is 0 Å². The highest BCUT2D eigenvalue weighted by Crippen LogP contribution is 2.23. The number of hydrogen-bond donors (Lipinski definition) is 2. The second-order valence-electron chi connectivity index (χ2n) is 3.62. The van der Waals surface area contributed by atoms with Crippen molar-refractivity contribution < 1.29 is 5.11 Å². The van der Waals surface area contributed by atoms with Gasteiger partial charge in [-0.1, -0.05) is 13.0 Å². The molecular weight excluding hydrogens is 174 g/mol. The van der Waals surface area contributed by atoms with Gasteiger partial charge >= 0.3 is 0 Å². The summed E-state index contributed by atoms with van der Waals surface area (Å²) in [5.41, 5.74) is 4.54. The molecule has 1 aromatic carbocycles. The largest absolute Gasteiger partial charge is 0.390 e. The van der Waals surface area contributed by atoms with Gasteiger partial charge in [0.15, 0.2) is 0 Å². The van der Waals surface area contributed by atoms with Crippen LogP contribution in [0.3, 0.4) is 0 Å². The SMILES string of the molecule is CCc1ccc2[nH]c(CO)c(C)c2c1. The molecule has 0 spiro atoms. The van der Waals surface area contributed by atoms with Gasteiger partial charge in [-0.05, 0) is 36.6 Å². The second kappa shape index (κ2) is 3.46. The Morgan fingerprint density at radius 3 is 2.79 bits per heavy atom. The first-order valence-electron chi connectivity index (χ1n) is 4.97. The van der Waals surface area contributed by atoms with E-state index in [1.807, 2.05) is 6.92 Å². The van der Waals surface area contributed by atoms with Crippen molar-refractivity contribution in [2.45, 2.75) is 26.9 Å². The number of aryl methyl sites for hydroxylation is 2. The van der Waals surface area contributed by atoms with Crippen molar-refractivity contribution in [2.75, 3.05) is 0 Å². The van der Waals surface area contributed by atoms with Gasteiger partial charge in [-0.3, -0.25) is 0 Å². The first kappa shape index (κ1) is 9.28. The topological polar surface area (TPSA) is 36.0 Å². The van der Waals surface area contributed by atoms with Gasteiger partial charge in [0.05, 0.1) is 6.61 Å². The number of fused-ring (bicyclic) bond motifs is 1. The fraction of sp³-hybridized carbons (Fsp3) is 0.333. The Morgan fingerprint density at radius 2 is 2.14 bits per heavy atom. The van der Waals surface area contributed by atoms with Crippen molar-refractivity contribution in [3.8, 4) is 0 Å². The number of nitrogens with one attached hydrogen (secondary N) is 1. The molecule has 1 aromatic heterocycles. The normalized spacial score (nSPS) is 11.1. The van der Waals surface area contributed by atoms with E-state index in [9.17, 15) is 0 Å². The zero-order valence-electron chi connectivity index (χ0n) is 8.59. The molecule has 0 saturated heterocycles. The van der Waals surface area contributed by atoms with E-state index in [-0.39, 0.29) is 6.61 Å². The maximum atomic E-state index is 9.11. The van der Waals surface area contributed by atoms with Crippen LogP contribution >= 0.6 is 0 Å². The summed E-state index contributed by atoms with van der Waals surface area (Å²) < 4.78 is 0. The maximum Gasteiger partial charge on any atom is 0.0833 e. The number of aliphatic hydroxyl groups is 1. The van der Waals surface area contributed by atoms with E-state index in [2.05, 4.69) is 30.1 Å². The minimum Gasteiger partial charge on any atom is -0.390 e. The van der Waals surface area contributed by atoms with Crippen LogP contribution in [-0.4, -0.2) is 10.1 Å². The molecule has 0 radical (unpaired) electrons. The molecule has 74 valence electrons. The summed E-state index contributed by atoms with van der Waals surface area (Å²) in [5, 5.41) is 10.3. The lowest BCUT2D eigenvalue weighted by molar-refractivity contribution is 0.277. The lowest BCUT2D eigenvalue weighted by Gasteiger charge is -1.97. The van der Waals surface area contributed by atoms with Crippen LogP contribution in [0.1, 0.15) is 23.7 Å². The van der Waals surface area contributed by atoms with Gasteiger partial charge in [0.25, 0.3) is 0 Å². The van der Waals surface area contributed by atoms with E-state index in [1.165, 1.54) is 10.9 Å². The fourth-order valence-electron chi connectivity index (χ4n) is 1.81. The van der Waals surface area contributed by atoms with Crippen molar-refractivity contribution in [1.82, 2.24) is 4.98 Å². The molecule has 2 aromatic rings. The Labute approximate surface area is 83.6 Å². The molecule has 0 bridgehead atoms. The van der Waals surface area contributed by atoms with Crippen molar-refractivity contribution >= 4 is 10.9 Å². The minimum absolute atomic E-state index is 0.0853. The molecule has 0 fully saturated rings. The smallest absolute Gasteiger partial charge is 0.0833 e. The predicted octanol–water partition coefficient (Wildman–Crippen LogP) is 2.53. The number of aliphatic hydroxyl groups excluding tert-OH is 1. The number of aromatic nitrogens is 1. The molecule has 0 amide bonds. The van der Waals surface area contributed by atoms with Crippen LogP contribution in [0.5, 0.6) is 0 Å². The summed E-state index contributed by atoms with van der Waals surface area (Å²) in [5.74, 6) is 0. The molecule has 2 rings (SSSR count). The van der Waals surface area contributed by atoms with Gasteiger partial charge in [-0.15, -0.1) is 0 Å². The van der Waals surface area contributed by atoms with E-state index >= 15 is 0 Å². The van der Waals surface area contributed by atoms with Crippen molar-refractivity contribution in [1.29, 1.82) is 0 Å². The van der Waals surface area contributed by atoms with Gasteiger partial charge in [0.1, 0.15) is 0 Å². The van der Waals surface area contributed by atoms with Crippen LogP contribution in [0.15, 0.2) is 18.2 Å². The maximum absolute atomic E-state index is 9.11. The van der Waals surface area contributed by atoms with Crippen LogP contribution in [0.25, 0.3) is 10.9 Å². The zero-order valence-corrected chi connectivity index (χ0v) is 8.59. The van der Waals surface area contributed by atoms with Crippen LogP contribution in [0, 0.1) is 6.92 Å². The standard InChI is InChI=1S/C12H15NO/c1-3-9-4-5-11-10(6-9)8(2)12(7-14)13-11/h4-6,13-14H,3,7H2,1-2H3. The molecule has 2 nitrogen and oxygen atoms in total. The average molecular weight is 189 g/mol. The Bertz CT molecular complexity index is 457. The van der Waals surface area contributed by atoms with Crippen molar-refractivity contribution in [3.05, 3.63) is 35.0 Å². The number of hydrogen-bond acceptors (Lipinski definition) is 1. The third-order valence-corrected chi connectivity index (χ3v) is 2.79. The van der Waals surface area contributed by atoms with E-state index in [1.54, 1.807) is 0 Å². The highest BCUT2D eigenvalue weighted by molar-refractivity contribution is 5.85. The lowest BCUT2D eigenvalue weighted by Crippen LogP contribution is -1.84. The molecule has 2 heteroatoms. The van der Waals surface area contributed by atoms with E-state index in [4.69, 9.17) is 5.11 Å². The number of rotatable bonds is 2. The van der Waals surface area contributed by atoms with Gasteiger partial charge in [0, 0.05) is 16.6 Å². The van der Waals surface area contributed by atoms with Gasteiger partial charge in [-0.25, -0.2) is 0 Å². The summed E-state index contributed by atoms with van der Waals surface area (Å²) in [4.78, 5) is 3.21. The quantitative estimate of drug-likeness (QED) is 0.748. The molecule has 0 saturated carbocycles. The Hall–Kier alpha value is -1.28. The summed E-state index contributed by atoms with van der Waals surface area (Å²) in [7, 11) is 0. The van der Waals surface area contributed by atoms with Crippen molar-refractivity contribution in [3.63, 3.8) is 0 Å². The molecular formula is C12H15NO. The molecule has 0 aliphatic rings. The first-order valence-corrected chi connectivity index (χ1v) is 4.97. The molecule has 2 N–H and O–H groups in total. The number of H-pyrrole nitrogens is 1. The van der Waals surface area contributed by atoms with Crippen LogP contribution in [0.4, 0.5) is 0 Å². The number of benzene rings is 1. The molecule has 0 aliphatic carbocycles. The predicted molar refractivity (Wildman–Crippen MR) is 58.3 cm³/mol. The van der Waals surface area contributed by atoms with Gasteiger partial charge < -0.3 is 10.1 Å². The highest BCUT2D eigenvalue weighted by atomic mass is 16.3. The van der Waals surface area contributed by atoms with Crippen molar-refractivity contribution in [2.24, 2.45) is 0 Å². The second-order valence-corrected chi connectivity index (χ2v) is 3.62. The van der Waals surface area contributed by atoms with Gasteiger partial charge in [0.2, 0.25) is 0 Å². The van der Waals surface area contributed by atoms with Crippen LogP contribution < -0.4 is 0 Å². The molecule has 1 heterocycles. The zero-order chi connectivity index (χ0) is 10.1. The minimum atomic E-state index is 0.0853. The van der Waals surface area contributed by atoms with Crippen LogP contribution in [-0.2, 0) is 13.0 Å². The monoisotopic (exact) mass is 189 g/mol.